The van der Waals surface area contributed by atoms with Gasteiger partial charge in [-0.3, -0.25) is 5.84 Å². The Labute approximate surface area is 101 Å². The zero-order valence-corrected chi connectivity index (χ0v) is 10.2. The number of nitrogens with two attached hydrogens (primary N) is 1. The summed E-state index contributed by atoms with van der Waals surface area (Å²) < 4.78 is 5.45. The third-order valence-electron chi connectivity index (χ3n) is 3.45. The maximum Gasteiger partial charge on any atom is 0.193 e. The van der Waals surface area contributed by atoms with E-state index in [0.717, 1.165) is 5.76 Å². The second-order valence-electron chi connectivity index (χ2n) is 4.54. The normalized spacial score (nSPS) is 20.6. The highest BCUT2D eigenvalue weighted by Crippen LogP contribution is 2.34. The average Bonchev–Trinajstić information content (AvgIpc) is 2.55. The van der Waals surface area contributed by atoms with E-state index in [0.29, 0.717) is 11.1 Å². The highest BCUT2D eigenvalue weighted by molar-refractivity contribution is 6.28. The molecular formula is C12H19ClN2O. The van der Waals surface area contributed by atoms with Crippen LogP contribution in [0.1, 0.15) is 50.3 Å². The molecule has 1 aliphatic carbocycles. The second-order valence-corrected chi connectivity index (χ2v) is 4.91. The van der Waals surface area contributed by atoms with Gasteiger partial charge in [0, 0.05) is 0 Å². The van der Waals surface area contributed by atoms with Crippen LogP contribution in [0.3, 0.4) is 0 Å². The zero-order chi connectivity index (χ0) is 11.4. The van der Waals surface area contributed by atoms with Gasteiger partial charge in [-0.05, 0) is 42.5 Å². The number of nitrogens with one attached hydrogen (secondary N) is 1. The van der Waals surface area contributed by atoms with Crippen molar-refractivity contribution < 1.29 is 4.42 Å². The monoisotopic (exact) mass is 242 g/mol. The Bertz CT molecular complexity index is 319. The molecule has 0 spiro atoms. The van der Waals surface area contributed by atoms with Crippen LogP contribution in [-0.4, -0.2) is 0 Å². The minimum absolute atomic E-state index is 0.102. The number of furan rings is 1. The molecule has 3 nitrogen and oxygen atoms in total. The first-order chi connectivity index (χ1) is 7.81. The van der Waals surface area contributed by atoms with Crippen LogP contribution in [0.4, 0.5) is 0 Å². The summed E-state index contributed by atoms with van der Waals surface area (Å²) in [5.41, 5.74) is 2.88. The molecule has 2 rings (SSSR count). The molecule has 0 saturated heterocycles. The lowest BCUT2D eigenvalue weighted by molar-refractivity contribution is 0.286. The van der Waals surface area contributed by atoms with Crippen molar-refractivity contribution in [3.05, 3.63) is 23.1 Å². The summed E-state index contributed by atoms with van der Waals surface area (Å²) in [4.78, 5) is 0. The second kappa shape index (κ2) is 5.71. The summed E-state index contributed by atoms with van der Waals surface area (Å²) >= 11 is 5.80. The summed E-state index contributed by atoms with van der Waals surface area (Å²) in [7, 11) is 0. The summed E-state index contributed by atoms with van der Waals surface area (Å²) in [5.74, 6) is 7.07. The predicted octanol–water partition coefficient (Wildman–Crippen LogP) is 3.41. The highest BCUT2D eigenvalue weighted by Gasteiger charge is 2.25. The fourth-order valence-corrected chi connectivity index (χ4v) is 2.74. The Balaban J connectivity index is 2.08. The van der Waals surface area contributed by atoms with Crippen molar-refractivity contribution in [1.29, 1.82) is 0 Å². The van der Waals surface area contributed by atoms with Gasteiger partial charge < -0.3 is 4.42 Å². The van der Waals surface area contributed by atoms with Crippen LogP contribution in [0.15, 0.2) is 16.5 Å². The molecule has 1 heterocycles. The van der Waals surface area contributed by atoms with Gasteiger partial charge in [-0.1, -0.05) is 25.7 Å². The third kappa shape index (κ3) is 2.78. The molecule has 0 aromatic carbocycles. The Kier molecular flexibility index (Phi) is 4.27. The molecule has 16 heavy (non-hydrogen) atoms. The van der Waals surface area contributed by atoms with E-state index in [1.165, 1.54) is 38.5 Å². The molecule has 0 aliphatic heterocycles. The summed E-state index contributed by atoms with van der Waals surface area (Å²) in [5, 5.41) is 0.434. The lowest BCUT2D eigenvalue weighted by atomic mass is 9.91. The van der Waals surface area contributed by atoms with Gasteiger partial charge in [0.15, 0.2) is 5.22 Å². The quantitative estimate of drug-likeness (QED) is 0.485. The fraction of sp³-hybridized carbons (Fsp3) is 0.667. The molecule has 3 N–H and O–H groups in total. The minimum Gasteiger partial charge on any atom is -0.448 e. The van der Waals surface area contributed by atoms with Gasteiger partial charge >= 0.3 is 0 Å². The molecule has 0 bridgehead atoms. The highest BCUT2D eigenvalue weighted by atomic mass is 35.5. The number of halogens is 1. The smallest absolute Gasteiger partial charge is 0.193 e. The summed E-state index contributed by atoms with van der Waals surface area (Å²) in [6.07, 6.45) is 7.69. The van der Waals surface area contributed by atoms with E-state index < -0.39 is 0 Å². The largest absolute Gasteiger partial charge is 0.448 e. The standard InChI is InChI=1S/C12H19ClN2O/c13-11-8-7-10(16-11)12(15-14)9-5-3-1-2-4-6-9/h7-9,12,15H,1-6,14H2. The van der Waals surface area contributed by atoms with Crippen LogP contribution >= 0.6 is 11.6 Å². The molecule has 1 fully saturated rings. The van der Waals surface area contributed by atoms with Crippen LogP contribution in [0.25, 0.3) is 0 Å². The molecule has 1 aromatic heterocycles. The SMILES string of the molecule is NNC(c1ccc(Cl)o1)C1CCCCCC1. The van der Waals surface area contributed by atoms with E-state index in [1.54, 1.807) is 6.07 Å². The predicted molar refractivity (Wildman–Crippen MR) is 65.0 cm³/mol. The van der Waals surface area contributed by atoms with Crippen molar-refractivity contribution in [3.8, 4) is 0 Å². The maximum absolute atomic E-state index is 5.80. The Hall–Kier alpha value is -0.510. The van der Waals surface area contributed by atoms with Crippen molar-refractivity contribution in [2.75, 3.05) is 0 Å². The number of hydrogen-bond donors (Lipinski definition) is 2. The number of hydrogen-bond acceptors (Lipinski definition) is 3. The zero-order valence-electron chi connectivity index (χ0n) is 9.42. The van der Waals surface area contributed by atoms with Crippen molar-refractivity contribution in [1.82, 2.24) is 5.43 Å². The lowest BCUT2D eigenvalue weighted by Crippen LogP contribution is -2.33. The Morgan fingerprint density at radius 2 is 1.94 bits per heavy atom. The minimum atomic E-state index is 0.102. The van der Waals surface area contributed by atoms with Crippen molar-refractivity contribution in [2.45, 2.75) is 44.6 Å². The van der Waals surface area contributed by atoms with Crippen LogP contribution < -0.4 is 11.3 Å². The number of rotatable bonds is 3. The Morgan fingerprint density at radius 1 is 1.25 bits per heavy atom. The number of hydrazine groups is 1. The molecule has 1 atom stereocenters. The van der Waals surface area contributed by atoms with Crippen LogP contribution in [0.2, 0.25) is 5.22 Å². The van der Waals surface area contributed by atoms with Crippen LogP contribution in [0.5, 0.6) is 0 Å². The van der Waals surface area contributed by atoms with E-state index in [4.69, 9.17) is 21.9 Å². The molecule has 0 radical (unpaired) electrons. The van der Waals surface area contributed by atoms with Gasteiger partial charge in [0.25, 0.3) is 0 Å². The molecule has 4 heteroatoms. The molecule has 1 saturated carbocycles. The van der Waals surface area contributed by atoms with Crippen molar-refractivity contribution >= 4 is 11.6 Å². The molecular weight excluding hydrogens is 224 g/mol. The van der Waals surface area contributed by atoms with Crippen LogP contribution in [0, 0.1) is 5.92 Å². The van der Waals surface area contributed by atoms with Gasteiger partial charge in [-0.2, -0.15) is 0 Å². The molecule has 1 unspecified atom stereocenters. The molecule has 1 aromatic rings. The van der Waals surface area contributed by atoms with Gasteiger partial charge in [0.05, 0.1) is 6.04 Å². The fourth-order valence-electron chi connectivity index (χ4n) is 2.59. The van der Waals surface area contributed by atoms with Gasteiger partial charge in [-0.25, -0.2) is 5.43 Å². The summed E-state index contributed by atoms with van der Waals surface area (Å²) in [6.45, 7) is 0. The molecule has 90 valence electrons. The molecule has 1 aliphatic rings. The van der Waals surface area contributed by atoms with Crippen molar-refractivity contribution in [2.24, 2.45) is 11.8 Å². The topological polar surface area (TPSA) is 51.2 Å². The maximum atomic E-state index is 5.80. The first kappa shape index (κ1) is 12.0. The third-order valence-corrected chi connectivity index (χ3v) is 3.65. The molecule has 0 amide bonds. The van der Waals surface area contributed by atoms with Gasteiger partial charge in [0.1, 0.15) is 5.76 Å². The average molecular weight is 243 g/mol. The lowest BCUT2D eigenvalue weighted by Gasteiger charge is -2.23. The van der Waals surface area contributed by atoms with E-state index in [2.05, 4.69) is 5.43 Å². The van der Waals surface area contributed by atoms with E-state index >= 15 is 0 Å². The van der Waals surface area contributed by atoms with E-state index in [9.17, 15) is 0 Å². The Morgan fingerprint density at radius 3 is 2.44 bits per heavy atom. The van der Waals surface area contributed by atoms with Gasteiger partial charge in [-0.15, -0.1) is 0 Å². The van der Waals surface area contributed by atoms with Crippen LogP contribution in [-0.2, 0) is 0 Å². The first-order valence-corrected chi connectivity index (χ1v) is 6.40. The van der Waals surface area contributed by atoms with E-state index in [-0.39, 0.29) is 6.04 Å². The summed E-state index contributed by atoms with van der Waals surface area (Å²) in [6, 6.07) is 3.79. The van der Waals surface area contributed by atoms with E-state index in [1.807, 2.05) is 6.07 Å². The van der Waals surface area contributed by atoms with Crippen molar-refractivity contribution in [3.63, 3.8) is 0 Å². The first-order valence-electron chi connectivity index (χ1n) is 6.02. The van der Waals surface area contributed by atoms with Gasteiger partial charge in [0.2, 0.25) is 0 Å².